The van der Waals surface area contributed by atoms with Crippen LogP contribution in [0, 0.1) is 4.77 Å². The summed E-state index contributed by atoms with van der Waals surface area (Å²) in [6.07, 6.45) is 1.90. The van der Waals surface area contributed by atoms with Crippen molar-refractivity contribution in [1.82, 2.24) is 15.0 Å². The molecule has 4 heteroatoms. The molecule has 2 heterocycles. The summed E-state index contributed by atoms with van der Waals surface area (Å²) in [5.41, 5.74) is 4.46. The highest BCUT2D eigenvalue weighted by atomic mass is 32.1. The Bertz CT molecular complexity index is 943. The van der Waals surface area contributed by atoms with Gasteiger partial charge in [-0.25, -0.2) is 0 Å². The molecule has 0 atom stereocenters. The maximum Gasteiger partial charge on any atom is 0.174 e. The minimum Gasteiger partial charge on any atom is -0.355 e. The third-order valence-electron chi connectivity index (χ3n) is 3.41. The van der Waals surface area contributed by atoms with Gasteiger partial charge in [-0.15, -0.1) is 0 Å². The van der Waals surface area contributed by atoms with Crippen molar-refractivity contribution in [3.8, 4) is 11.3 Å². The van der Waals surface area contributed by atoms with Crippen molar-refractivity contribution >= 4 is 34.0 Å². The van der Waals surface area contributed by atoms with Gasteiger partial charge in [-0.3, -0.25) is 0 Å². The number of hydrogen-bond acceptors (Lipinski definition) is 1. The van der Waals surface area contributed by atoms with Crippen LogP contribution in [-0.4, -0.2) is 15.0 Å². The van der Waals surface area contributed by atoms with Crippen LogP contribution in [0.1, 0.15) is 0 Å². The SMILES string of the molecule is S=c1[nH]cc(-c2ccc3[nH]c4ccccc4c3c2)[nH]1. The number of nitrogens with one attached hydrogen (secondary N) is 3. The Morgan fingerprint density at radius 3 is 2.53 bits per heavy atom. The third-order valence-corrected chi connectivity index (χ3v) is 3.63. The summed E-state index contributed by atoms with van der Waals surface area (Å²) in [7, 11) is 0. The molecule has 0 bridgehead atoms. The average Bonchev–Trinajstić information content (AvgIpc) is 3.01. The lowest BCUT2D eigenvalue weighted by atomic mass is 10.1. The van der Waals surface area contributed by atoms with Crippen molar-refractivity contribution in [3.63, 3.8) is 0 Å². The number of aromatic nitrogens is 3. The van der Waals surface area contributed by atoms with Crippen LogP contribution in [0.4, 0.5) is 0 Å². The van der Waals surface area contributed by atoms with Crippen LogP contribution in [0.3, 0.4) is 0 Å². The zero-order valence-electron chi connectivity index (χ0n) is 10.0. The Balaban J connectivity index is 2.04. The highest BCUT2D eigenvalue weighted by Gasteiger charge is 2.06. The van der Waals surface area contributed by atoms with Crippen molar-refractivity contribution in [1.29, 1.82) is 0 Å². The van der Waals surface area contributed by atoms with Crippen LogP contribution >= 0.6 is 12.2 Å². The quantitative estimate of drug-likeness (QED) is 0.440. The van der Waals surface area contributed by atoms with Crippen molar-refractivity contribution in [2.24, 2.45) is 0 Å². The molecular formula is C15H11N3S. The van der Waals surface area contributed by atoms with Gasteiger partial charge in [-0.2, -0.15) is 0 Å². The van der Waals surface area contributed by atoms with Gasteiger partial charge in [0.15, 0.2) is 4.77 Å². The monoisotopic (exact) mass is 265 g/mol. The summed E-state index contributed by atoms with van der Waals surface area (Å²) >= 11 is 5.07. The van der Waals surface area contributed by atoms with E-state index in [1.165, 1.54) is 10.8 Å². The van der Waals surface area contributed by atoms with E-state index in [0.29, 0.717) is 4.77 Å². The fourth-order valence-electron chi connectivity index (χ4n) is 2.50. The molecule has 0 aliphatic heterocycles. The predicted molar refractivity (Wildman–Crippen MR) is 80.8 cm³/mol. The summed E-state index contributed by atoms with van der Waals surface area (Å²) in [4.78, 5) is 9.57. The van der Waals surface area contributed by atoms with E-state index in [4.69, 9.17) is 12.2 Å². The third kappa shape index (κ3) is 1.61. The van der Waals surface area contributed by atoms with E-state index >= 15 is 0 Å². The van der Waals surface area contributed by atoms with Crippen LogP contribution in [0.2, 0.25) is 0 Å². The fourth-order valence-corrected chi connectivity index (χ4v) is 2.67. The van der Waals surface area contributed by atoms with Crippen molar-refractivity contribution in [2.75, 3.05) is 0 Å². The van der Waals surface area contributed by atoms with Gasteiger partial charge in [0, 0.05) is 33.6 Å². The van der Waals surface area contributed by atoms with Gasteiger partial charge >= 0.3 is 0 Å². The Morgan fingerprint density at radius 1 is 0.842 bits per heavy atom. The van der Waals surface area contributed by atoms with E-state index in [9.17, 15) is 0 Å². The Hall–Kier alpha value is -2.33. The summed E-state index contributed by atoms with van der Waals surface area (Å²) in [6, 6.07) is 14.7. The second-order valence-corrected chi connectivity index (χ2v) is 5.00. The van der Waals surface area contributed by atoms with Gasteiger partial charge in [0.2, 0.25) is 0 Å². The highest BCUT2D eigenvalue weighted by Crippen LogP contribution is 2.29. The zero-order chi connectivity index (χ0) is 12.8. The normalized spacial score (nSPS) is 11.4. The molecule has 0 spiro atoms. The number of hydrogen-bond donors (Lipinski definition) is 3. The number of H-pyrrole nitrogens is 3. The van der Waals surface area contributed by atoms with Crippen LogP contribution in [0.5, 0.6) is 0 Å². The Labute approximate surface area is 114 Å². The molecule has 0 radical (unpaired) electrons. The molecule has 0 saturated heterocycles. The fraction of sp³-hybridized carbons (Fsp3) is 0. The first kappa shape index (κ1) is 10.6. The lowest BCUT2D eigenvalue weighted by Crippen LogP contribution is -1.77. The van der Waals surface area contributed by atoms with E-state index in [1.807, 2.05) is 12.3 Å². The first-order valence-electron chi connectivity index (χ1n) is 6.10. The van der Waals surface area contributed by atoms with Crippen LogP contribution in [0.15, 0.2) is 48.7 Å². The maximum atomic E-state index is 5.07. The molecule has 0 fully saturated rings. The Morgan fingerprint density at radius 2 is 1.68 bits per heavy atom. The van der Waals surface area contributed by atoms with E-state index < -0.39 is 0 Å². The lowest BCUT2D eigenvalue weighted by molar-refractivity contribution is 1.27. The molecule has 0 saturated carbocycles. The molecule has 4 rings (SSSR count). The first-order chi connectivity index (χ1) is 9.31. The number of aromatic amines is 3. The minimum absolute atomic E-state index is 0.647. The second kappa shape index (κ2) is 3.83. The molecule has 2 aromatic carbocycles. The number of para-hydroxylation sites is 1. The summed E-state index contributed by atoms with van der Waals surface area (Å²) in [5.74, 6) is 0. The molecule has 3 N–H and O–H groups in total. The van der Waals surface area contributed by atoms with E-state index in [1.54, 1.807) is 0 Å². The average molecular weight is 265 g/mol. The standard InChI is InChI=1S/C15H11N3S/c19-15-16-8-14(18-15)9-5-6-13-11(7-9)10-3-1-2-4-12(10)17-13/h1-8,17H,(H2,16,18,19). The second-order valence-electron chi connectivity index (χ2n) is 4.59. The molecule has 2 aromatic heterocycles. The van der Waals surface area contributed by atoms with E-state index in [0.717, 1.165) is 22.3 Å². The zero-order valence-corrected chi connectivity index (χ0v) is 10.8. The number of imidazole rings is 1. The van der Waals surface area contributed by atoms with Crippen molar-refractivity contribution in [2.45, 2.75) is 0 Å². The largest absolute Gasteiger partial charge is 0.355 e. The van der Waals surface area contributed by atoms with Gasteiger partial charge in [-0.1, -0.05) is 24.3 Å². The van der Waals surface area contributed by atoms with Gasteiger partial charge in [-0.05, 0) is 30.4 Å². The van der Waals surface area contributed by atoms with Gasteiger partial charge in [0.05, 0.1) is 5.69 Å². The summed E-state index contributed by atoms with van der Waals surface area (Å²) in [6.45, 7) is 0. The van der Waals surface area contributed by atoms with Crippen molar-refractivity contribution < 1.29 is 0 Å². The van der Waals surface area contributed by atoms with Gasteiger partial charge in [0.25, 0.3) is 0 Å². The van der Waals surface area contributed by atoms with Crippen LogP contribution in [0.25, 0.3) is 33.1 Å². The summed E-state index contributed by atoms with van der Waals surface area (Å²) < 4.78 is 0.647. The number of fused-ring (bicyclic) bond motifs is 3. The molecule has 92 valence electrons. The van der Waals surface area contributed by atoms with E-state index in [2.05, 4.69) is 51.4 Å². The molecule has 3 nitrogen and oxygen atoms in total. The minimum atomic E-state index is 0.647. The molecule has 0 unspecified atom stereocenters. The molecule has 0 aliphatic rings. The van der Waals surface area contributed by atoms with Crippen LogP contribution < -0.4 is 0 Å². The molecule has 0 amide bonds. The highest BCUT2D eigenvalue weighted by molar-refractivity contribution is 7.71. The number of rotatable bonds is 1. The smallest absolute Gasteiger partial charge is 0.174 e. The molecule has 4 aromatic rings. The summed E-state index contributed by atoms with van der Waals surface area (Å²) in [5, 5.41) is 2.47. The molecule has 0 aliphatic carbocycles. The maximum absolute atomic E-state index is 5.07. The Kier molecular flexibility index (Phi) is 2.13. The van der Waals surface area contributed by atoms with E-state index in [-0.39, 0.29) is 0 Å². The van der Waals surface area contributed by atoms with Gasteiger partial charge < -0.3 is 15.0 Å². The van der Waals surface area contributed by atoms with Crippen molar-refractivity contribution in [3.05, 3.63) is 53.4 Å². The predicted octanol–water partition coefficient (Wildman–Crippen LogP) is 4.37. The van der Waals surface area contributed by atoms with Crippen LogP contribution in [-0.2, 0) is 0 Å². The molecular weight excluding hydrogens is 254 g/mol. The van der Waals surface area contributed by atoms with Gasteiger partial charge in [0.1, 0.15) is 0 Å². The first-order valence-corrected chi connectivity index (χ1v) is 6.51. The number of benzene rings is 2. The lowest BCUT2D eigenvalue weighted by Gasteiger charge is -1.98. The molecule has 19 heavy (non-hydrogen) atoms. The topological polar surface area (TPSA) is 47.4 Å².